The van der Waals surface area contributed by atoms with Gasteiger partial charge in [0.1, 0.15) is 48.1 Å². The van der Waals surface area contributed by atoms with Crippen molar-refractivity contribution in [3.8, 4) is 0 Å². The van der Waals surface area contributed by atoms with Crippen molar-refractivity contribution in [2.75, 3.05) is 13.7 Å². The third-order valence-electron chi connectivity index (χ3n) is 12.0. The van der Waals surface area contributed by atoms with Gasteiger partial charge in [-0.15, -0.1) is 0 Å². The van der Waals surface area contributed by atoms with Gasteiger partial charge in [0.05, 0.1) is 30.7 Å². The number of methoxy groups -OCH3 is 1. The van der Waals surface area contributed by atoms with E-state index in [2.05, 4.69) is 0 Å². The third kappa shape index (κ3) is 8.46. The Morgan fingerprint density at radius 2 is 1.67 bits per heavy atom. The van der Waals surface area contributed by atoms with Crippen LogP contribution in [-0.4, -0.2) is 102 Å². The Morgan fingerprint density at radius 1 is 1.00 bits per heavy atom. The minimum absolute atomic E-state index is 0.0538. The predicted molar refractivity (Wildman–Crippen MR) is 203 cm³/mol. The second kappa shape index (κ2) is 17.2. The van der Waals surface area contributed by atoms with E-state index in [1.165, 1.54) is 7.11 Å². The molecular formula is C43H62O12. The largest absolute Gasteiger partial charge is 0.462 e. The highest BCUT2D eigenvalue weighted by Gasteiger charge is 2.62. The molecule has 0 aromatic carbocycles. The van der Waals surface area contributed by atoms with E-state index in [-0.39, 0.29) is 37.3 Å². The Labute approximate surface area is 325 Å². The van der Waals surface area contributed by atoms with Crippen LogP contribution in [0, 0.1) is 29.6 Å². The highest BCUT2D eigenvalue weighted by atomic mass is 16.7. The lowest BCUT2D eigenvalue weighted by Gasteiger charge is -2.54. The summed E-state index contributed by atoms with van der Waals surface area (Å²) in [7, 11) is 1.53. The minimum atomic E-state index is -1.80. The minimum Gasteiger partial charge on any atom is -0.462 e. The fourth-order valence-electron chi connectivity index (χ4n) is 8.55. The molecule has 2 bridgehead atoms. The highest BCUT2D eigenvalue weighted by Crippen LogP contribution is 2.49. The molecule has 0 unspecified atom stereocenters. The standard InChI is InChI=1S/C43H62O12/c1-12-24(6)34-28(10)36(53-40(46)23(4)5)37(44)42(55-34)20-31-19-30(54-42)17-16-26(8)33(52-39(45)22(2)3)25(7)14-13-15-29-21-50-38-35(49-11)27(9)18-32(41(47)51-31)43(29,38)48/h12-16,18,22-23,25,28,30-38,44,48H,17,19-21H2,1-11H3/b14-13+,24-12+,26-16+,29-15+/t25-,28+,30+,31-,32-,33+,34+,35+,36-,37+,38+,42-,43+/m0/s1. The first kappa shape index (κ1) is 43.0. The molecule has 0 aromatic rings. The lowest BCUT2D eigenvalue weighted by atomic mass is 9.70. The summed E-state index contributed by atoms with van der Waals surface area (Å²) in [6.45, 7) is 18.4. The van der Waals surface area contributed by atoms with Crippen molar-refractivity contribution in [1.82, 2.24) is 0 Å². The van der Waals surface area contributed by atoms with Gasteiger partial charge in [0, 0.05) is 31.8 Å². The Hall–Kier alpha value is -3.13. The predicted octanol–water partition coefficient (Wildman–Crippen LogP) is 5.46. The zero-order valence-electron chi connectivity index (χ0n) is 34.3. The number of rotatable bonds is 6. The van der Waals surface area contributed by atoms with Gasteiger partial charge in [-0.05, 0) is 56.4 Å². The first-order valence-corrected chi connectivity index (χ1v) is 19.8. The van der Waals surface area contributed by atoms with Gasteiger partial charge in [0.2, 0.25) is 5.79 Å². The summed E-state index contributed by atoms with van der Waals surface area (Å²) in [5.41, 5.74) is 1.03. The van der Waals surface area contributed by atoms with Crippen molar-refractivity contribution in [2.24, 2.45) is 29.6 Å². The molecule has 12 nitrogen and oxygen atoms in total. The molecule has 2 N–H and O–H groups in total. The average Bonchev–Trinajstić information content (AvgIpc) is 3.47. The van der Waals surface area contributed by atoms with Crippen molar-refractivity contribution in [1.29, 1.82) is 0 Å². The maximum atomic E-state index is 14.5. The molecule has 4 aliphatic heterocycles. The van der Waals surface area contributed by atoms with Crippen LogP contribution in [-0.2, 0) is 47.5 Å². The number of hydrogen-bond acceptors (Lipinski definition) is 12. The summed E-state index contributed by atoms with van der Waals surface area (Å²) in [6.07, 6.45) is 4.79. The van der Waals surface area contributed by atoms with Gasteiger partial charge < -0.3 is 43.4 Å². The van der Waals surface area contributed by atoms with Crippen molar-refractivity contribution in [3.63, 3.8) is 0 Å². The normalized spacial score (nSPS) is 42.4. The summed E-state index contributed by atoms with van der Waals surface area (Å²) >= 11 is 0. The van der Waals surface area contributed by atoms with E-state index in [9.17, 15) is 24.6 Å². The zero-order chi connectivity index (χ0) is 40.6. The molecule has 0 saturated carbocycles. The monoisotopic (exact) mass is 770 g/mol. The number of hydrogen-bond donors (Lipinski definition) is 2. The topological polar surface area (TPSA) is 156 Å². The van der Waals surface area contributed by atoms with Gasteiger partial charge in [-0.3, -0.25) is 14.4 Å². The van der Waals surface area contributed by atoms with Crippen molar-refractivity contribution in [2.45, 2.75) is 149 Å². The molecule has 0 amide bonds. The summed E-state index contributed by atoms with van der Waals surface area (Å²) < 4.78 is 43.9. The molecular weight excluding hydrogens is 708 g/mol. The van der Waals surface area contributed by atoms with Crippen molar-refractivity contribution < 1.29 is 57.8 Å². The Kier molecular flexibility index (Phi) is 13.4. The molecule has 1 aliphatic carbocycles. The van der Waals surface area contributed by atoms with Crippen LogP contribution in [0.25, 0.3) is 0 Å². The van der Waals surface area contributed by atoms with Gasteiger partial charge in [-0.2, -0.15) is 0 Å². The number of ether oxygens (including phenoxy) is 7. The third-order valence-corrected chi connectivity index (χ3v) is 12.0. The van der Waals surface area contributed by atoms with E-state index in [1.807, 2.05) is 59.8 Å². The molecule has 3 fully saturated rings. The van der Waals surface area contributed by atoms with Gasteiger partial charge >= 0.3 is 17.9 Å². The van der Waals surface area contributed by atoms with Crippen molar-refractivity contribution >= 4 is 17.9 Å². The Morgan fingerprint density at radius 3 is 2.31 bits per heavy atom. The number of carbonyl (C=O) groups is 3. The fraction of sp³-hybridized carbons (Fsp3) is 0.698. The number of fused-ring (bicyclic) bond motifs is 2. The molecule has 4 heterocycles. The fourth-order valence-corrected chi connectivity index (χ4v) is 8.55. The van der Waals surface area contributed by atoms with E-state index in [4.69, 9.17) is 33.2 Å². The van der Waals surface area contributed by atoms with Crippen molar-refractivity contribution in [3.05, 3.63) is 58.7 Å². The van der Waals surface area contributed by atoms with Crippen LogP contribution in [0.1, 0.15) is 88.5 Å². The maximum Gasteiger partial charge on any atom is 0.316 e. The molecule has 55 heavy (non-hydrogen) atoms. The second-order valence-corrected chi connectivity index (χ2v) is 16.7. The molecule has 13 atom stereocenters. The van der Waals surface area contributed by atoms with E-state index >= 15 is 0 Å². The summed E-state index contributed by atoms with van der Waals surface area (Å²) in [4.78, 5) is 40.5. The van der Waals surface area contributed by atoms with Gasteiger partial charge in [0.25, 0.3) is 0 Å². The zero-order valence-corrected chi connectivity index (χ0v) is 34.3. The van der Waals surface area contributed by atoms with E-state index in [0.717, 1.165) is 16.7 Å². The van der Waals surface area contributed by atoms with Gasteiger partial charge in [-0.25, -0.2) is 0 Å². The highest BCUT2D eigenvalue weighted by molar-refractivity contribution is 5.78. The summed E-state index contributed by atoms with van der Waals surface area (Å²) in [6, 6.07) is 0. The molecule has 0 aromatic heterocycles. The number of aliphatic hydroxyl groups is 2. The second-order valence-electron chi connectivity index (χ2n) is 16.7. The Bertz CT molecular complexity index is 1610. The number of aliphatic hydroxyl groups excluding tert-OH is 1. The molecule has 1 spiro atoms. The molecule has 5 aliphatic rings. The molecule has 0 radical (unpaired) electrons. The van der Waals surface area contributed by atoms with E-state index in [1.54, 1.807) is 45.9 Å². The molecule has 306 valence electrons. The van der Waals surface area contributed by atoms with Gasteiger partial charge in [0.15, 0.2) is 0 Å². The number of allylic oxidation sites excluding steroid dienone is 3. The lowest BCUT2D eigenvalue weighted by Crippen LogP contribution is -2.67. The van der Waals surface area contributed by atoms with Crippen LogP contribution >= 0.6 is 0 Å². The molecule has 5 rings (SSSR count). The first-order valence-electron chi connectivity index (χ1n) is 19.8. The summed E-state index contributed by atoms with van der Waals surface area (Å²) in [5.74, 6) is -5.89. The molecule has 3 saturated heterocycles. The number of esters is 3. The number of carbonyl (C=O) groups excluding carboxylic acids is 3. The summed E-state index contributed by atoms with van der Waals surface area (Å²) in [5, 5.41) is 24.8. The first-order chi connectivity index (χ1) is 25.9. The Balaban J connectivity index is 1.64. The SMILES string of the molecule is C/C=C(\C)[C@H]1O[C@@]2(C[C@@H]3C[C@@H](C/C=C(\C)[C@H](OC(=O)C(C)C)[C@@H](C)/C=C/C=C4\CO[C@@H]5[C@H](OC)C(C)=C[C@@H](C(=O)O3)[C@]45O)O2)[C@H](O)[C@@H](OC(=O)C(C)C)[C@@H]1C. The van der Waals surface area contributed by atoms with Crippen LogP contribution in [0.5, 0.6) is 0 Å². The van der Waals surface area contributed by atoms with Crippen LogP contribution in [0.15, 0.2) is 58.7 Å². The quantitative estimate of drug-likeness (QED) is 0.200. The molecule has 12 heteroatoms. The van der Waals surface area contributed by atoms with E-state index < -0.39 is 89.9 Å². The van der Waals surface area contributed by atoms with Gasteiger partial charge in [-0.1, -0.05) is 78.0 Å². The average molecular weight is 771 g/mol. The van der Waals surface area contributed by atoms with Crippen LogP contribution in [0.3, 0.4) is 0 Å². The smallest absolute Gasteiger partial charge is 0.316 e. The maximum absolute atomic E-state index is 14.5. The van der Waals surface area contributed by atoms with Crippen LogP contribution in [0.4, 0.5) is 0 Å². The van der Waals surface area contributed by atoms with Crippen LogP contribution in [0.2, 0.25) is 0 Å². The van der Waals surface area contributed by atoms with Crippen LogP contribution < -0.4 is 0 Å². The lowest BCUT2D eigenvalue weighted by molar-refractivity contribution is -0.380. The van der Waals surface area contributed by atoms with E-state index in [0.29, 0.717) is 12.0 Å².